The number of rotatable bonds is 6. The van der Waals surface area contributed by atoms with Gasteiger partial charge < -0.3 is 19.7 Å². The second kappa shape index (κ2) is 9.18. The molecule has 1 aliphatic heterocycles. The first-order valence-corrected chi connectivity index (χ1v) is 10.9. The van der Waals surface area contributed by atoms with Gasteiger partial charge in [0.15, 0.2) is 0 Å². The number of nitrogens with two attached hydrogens (primary N) is 1. The largest absolute Gasteiger partial charge is 0.492 e. The van der Waals surface area contributed by atoms with Gasteiger partial charge in [0.1, 0.15) is 12.4 Å². The molecule has 8 heteroatoms. The van der Waals surface area contributed by atoms with Crippen LogP contribution >= 0.6 is 0 Å². The lowest BCUT2D eigenvalue weighted by Gasteiger charge is -2.26. The van der Waals surface area contributed by atoms with Gasteiger partial charge in [0.2, 0.25) is 5.88 Å². The van der Waals surface area contributed by atoms with Gasteiger partial charge in [-0.25, -0.2) is 9.69 Å². The van der Waals surface area contributed by atoms with Gasteiger partial charge in [-0.3, -0.25) is 4.90 Å². The number of carbonyl (C=O) groups is 1. The predicted octanol–water partition coefficient (Wildman–Crippen LogP) is 4.05. The smallest absolute Gasteiger partial charge is 0.326 e. The molecule has 0 atom stereocenters. The van der Waals surface area contributed by atoms with Gasteiger partial charge in [0, 0.05) is 41.9 Å². The van der Waals surface area contributed by atoms with Crippen molar-refractivity contribution >= 4 is 28.4 Å². The Bertz CT molecular complexity index is 1080. The monoisotopic (exact) mass is 438 g/mol. The molecule has 2 N–H and O–H groups in total. The number of aromatic nitrogens is 1. The van der Waals surface area contributed by atoms with Crippen molar-refractivity contribution in [1.82, 2.24) is 10.1 Å². The molecule has 4 rings (SSSR count). The number of hydrogen-bond donors (Lipinski definition) is 1. The second-order valence-corrected chi connectivity index (χ2v) is 8.90. The van der Waals surface area contributed by atoms with E-state index in [1.807, 2.05) is 57.2 Å². The third kappa shape index (κ3) is 4.71. The molecular formula is C24H30N4O4. The molecule has 0 saturated carbocycles. The van der Waals surface area contributed by atoms with E-state index >= 15 is 0 Å². The Morgan fingerprint density at radius 1 is 1.16 bits per heavy atom. The summed E-state index contributed by atoms with van der Waals surface area (Å²) in [6, 6.07) is 12.6. The molecule has 0 unspecified atom stereocenters. The number of benzene rings is 2. The van der Waals surface area contributed by atoms with Crippen LogP contribution in [0.5, 0.6) is 5.75 Å². The third-order valence-electron chi connectivity index (χ3n) is 5.58. The summed E-state index contributed by atoms with van der Waals surface area (Å²) in [5, 5.41) is 5.87. The van der Waals surface area contributed by atoms with E-state index in [0.29, 0.717) is 12.3 Å². The van der Waals surface area contributed by atoms with Crippen LogP contribution in [-0.2, 0) is 10.2 Å². The van der Waals surface area contributed by atoms with E-state index in [9.17, 15) is 4.79 Å². The van der Waals surface area contributed by atoms with E-state index in [-0.39, 0.29) is 11.3 Å². The second-order valence-electron chi connectivity index (χ2n) is 8.90. The van der Waals surface area contributed by atoms with Crippen LogP contribution in [0.25, 0.3) is 10.8 Å². The maximum atomic E-state index is 12.4. The molecule has 1 aromatic heterocycles. The zero-order valence-electron chi connectivity index (χ0n) is 18.8. The fraction of sp³-hybridized carbons (Fsp3) is 0.417. The van der Waals surface area contributed by atoms with Crippen LogP contribution in [0.3, 0.4) is 0 Å². The lowest BCUT2D eigenvalue weighted by Crippen LogP contribution is -2.38. The molecule has 32 heavy (non-hydrogen) atoms. The summed E-state index contributed by atoms with van der Waals surface area (Å²) >= 11 is 0. The fourth-order valence-electron chi connectivity index (χ4n) is 3.76. The van der Waals surface area contributed by atoms with Crippen molar-refractivity contribution in [2.75, 3.05) is 44.4 Å². The molecule has 2 amide bonds. The summed E-state index contributed by atoms with van der Waals surface area (Å²) in [5.41, 5.74) is 6.90. The van der Waals surface area contributed by atoms with Gasteiger partial charge in [-0.1, -0.05) is 50.2 Å². The van der Waals surface area contributed by atoms with Crippen LogP contribution in [0, 0.1) is 0 Å². The van der Waals surface area contributed by atoms with Crippen molar-refractivity contribution in [1.29, 1.82) is 0 Å². The molecule has 0 aliphatic carbocycles. The summed E-state index contributed by atoms with van der Waals surface area (Å²) < 4.78 is 17.0. The van der Waals surface area contributed by atoms with Gasteiger partial charge in [-0.05, 0) is 12.1 Å². The number of nitrogens with zero attached hydrogens (tertiary/aromatic N) is 3. The van der Waals surface area contributed by atoms with Gasteiger partial charge >= 0.3 is 6.03 Å². The highest BCUT2D eigenvalue weighted by Crippen LogP contribution is 2.38. The Labute approximate surface area is 187 Å². The first-order valence-electron chi connectivity index (χ1n) is 10.9. The van der Waals surface area contributed by atoms with E-state index in [4.69, 9.17) is 19.7 Å². The Morgan fingerprint density at radius 3 is 2.53 bits per heavy atom. The molecule has 0 bridgehead atoms. The summed E-state index contributed by atoms with van der Waals surface area (Å²) in [7, 11) is 0. The maximum Gasteiger partial charge on any atom is 0.326 e. The van der Waals surface area contributed by atoms with Gasteiger partial charge in [0.05, 0.1) is 24.6 Å². The van der Waals surface area contributed by atoms with Crippen LogP contribution in [0.15, 0.2) is 47.0 Å². The highest BCUT2D eigenvalue weighted by atomic mass is 16.5. The molecule has 2 heterocycles. The maximum absolute atomic E-state index is 12.4. The molecule has 3 aromatic rings. The Kier molecular flexibility index (Phi) is 6.34. The average Bonchev–Trinajstić information content (AvgIpc) is 3.26. The normalized spacial score (nSPS) is 15.1. The highest BCUT2D eigenvalue weighted by molar-refractivity contribution is 6.08. The SMILES string of the molecule is CC(C)(C)c1cc(N(C(N)=O)c2ccc(OCCN3CCOCC3)c3ccccc23)on1. The Hall–Kier alpha value is -3.10. The van der Waals surface area contributed by atoms with Crippen molar-refractivity contribution in [3.8, 4) is 5.75 Å². The first-order chi connectivity index (χ1) is 15.3. The molecule has 0 radical (unpaired) electrons. The van der Waals surface area contributed by atoms with Crippen LogP contribution in [0.2, 0.25) is 0 Å². The molecule has 2 aromatic carbocycles. The minimum absolute atomic E-state index is 0.217. The molecule has 1 fully saturated rings. The Morgan fingerprint density at radius 2 is 1.88 bits per heavy atom. The van der Waals surface area contributed by atoms with Crippen molar-refractivity contribution in [3.63, 3.8) is 0 Å². The predicted molar refractivity (Wildman–Crippen MR) is 124 cm³/mol. The molecule has 170 valence electrons. The highest BCUT2D eigenvalue weighted by Gasteiger charge is 2.26. The Balaban J connectivity index is 1.63. The number of hydrogen-bond acceptors (Lipinski definition) is 6. The molecule has 8 nitrogen and oxygen atoms in total. The topological polar surface area (TPSA) is 94.1 Å². The number of carbonyl (C=O) groups excluding carboxylic acids is 1. The lowest BCUT2D eigenvalue weighted by molar-refractivity contribution is 0.0323. The van der Waals surface area contributed by atoms with Crippen LogP contribution in [0.1, 0.15) is 26.5 Å². The first kappa shape index (κ1) is 22.1. The van der Waals surface area contributed by atoms with Crippen molar-refractivity contribution in [2.45, 2.75) is 26.2 Å². The molecule has 0 spiro atoms. The number of fused-ring (bicyclic) bond motifs is 1. The van der Waals surface area contributed by atoms with Crippen molar-refractivity contribution in [2.24, 2.45) is 5.73 Å². The van der Waals surface area contributed by atoms with Crippen molar-refractivity contribution in [3.05, 3.63) is 48.2 Å². The molecular weight excluding hydrogens is 408 g/mol. The zero-order chi connectivity index (χ0) is 22.7. The van der Waals surface area contributed by atoms with E-state index < -0.39 is 6.03 Å². The van der Waals surface area contributed by atoms with E-state index in [1.165, 1.54) is 4.90 Å². The standard InChI is InChI=1S/C24H30N4O4/c1-24(2,3)21-16-22(32-26-21)28(23(25)29)19-8-9-20(18-7-5-4-6-17(18)19)31-15-12-27-10-13-30-14-11-27/h4-9,16H,10-15H2,1-3H3,(H2,25,29). The summed E-state index contributed by atoms with van der Waals surface area (Å²) in [6.45, 7) is 10.9. The van der Waals surface area contributed by atoms with Crippen LogP contribution in [0.4, 0.5) is 16.4 Å². The van der Waals surface area contributed by atoms with Gasteiger partial charge in [-0.15, -0.1) is 0 Å². The number of amides is 2. The quantitative estimate of drug-likeness (QED) is 0.624. The number of anilines is 2. The average molecular weight is 439 g/mol. The zero-order valence-corrected chi connectivity index (χ0v) is 18.8. The minimum atomic E-state index is -0.646. The van der Waals surface area contributed by atoms with E-state index in [0.717, 1.165) is 55.1 Å². The van der Waals surface area contributed by atoms with Crippen molar-refractivity contribution < 1.29 is 18.8 Å². The third-order valence-corrected chi connectivity index (χ3v) is 5.58. The number of primary amides is 1. The molecule has 1 aliphatic rings. The van der Waals surface area contributed by atoms with Gasteiger partial charge in [0.25, 0.3) is 0 Å². The number of ether oxygens (including phenoxy) is 2. The van der Waals surface area contributed by atoms with E-state index in [2.05, 4.69) is 10.1 Å². The molecule has 1 saturated heterocycles. The number of morpholine rings is 1. The summed E-state index contributed by atoms with van der Waals surface area (Å²) in [5.74, 6) is 1.04. The van der Waals surface area contributed by atoms with Crippen LogP contribution in [-0.4, -0.2) is 55.5 Å². The van der Waals surface area contributed by atoms with E-state index in [1.54, 1.807) is 6.07 Å². The fourth-order valence-corrected chi connectivity index (χ4v) is 3.76. The lowest BCUT2D eigenvalue weighted by atomic mass is 9.92. The van der Waals surface area contributed by atoms with Gasteiger partial charge in [-0.2, -0.15) is 0 Å². The summed E-state index contributed by atoms with van der Waals surface area (Å²) in [4.78, 5) is 16.1. The minimum Gasteiger partial charge on any atom is -0.492 e. The summed E-state index contributed by atoms with van der Waals surface area (Å²) in [6.07, 6.45) is 0. The van der Waals surface area contributed by atoms with Crippen LogP contribution < -0.4 is 15.4 Å². The number of urea groups is 1.